The topological polar surface area (TPSA) is 72.9 Å². The maximum atomic E-state index is 10.9. The van der Waals surface area contributed by atoms with Crippen LogP contribution in [-0.2, 0) is 20.0 Å². The molecule has 0 amide bonds. The van der Waals surface area contributed by atoms with E-state index in [-0.39, 0.29) is 5.69 Å². The predicted octanol–water partition coefficient (Wildman–Crippen LogP) is 0.925. The molecule has 2 aromatic heterocycles. The highest BCUT2D eigenvalue weighted by molar-refractivity contribution is 5.85. The van der Waals surface area contributed by atoms with Gasteiger partial charge in [-0.3, -0.25) is 9.36 Å². The third-order valence-corrected chi connectivity index (χ3v) is 2.64. The molecule has 2 heterocycles. The van der Waals surface area contributed by atoms with E-state index in [0.717, 1.165) is 17.8 Å². The third kappa shape index (κ3) is 2.20. The molecule has 90 valence electrons. The van der Waals surface area contributed by atoms with Crippen LogP contribution in [0.25, 0.3) is 0 Å². The molecule has 0 unspecified atom stereocenters. The van der Waals surface area contributed by atoms with Gasteiger partial charge >= 0.3 is 5.97 Å². The van der Waals surface area contributed by atoms with Gasteiger partial charge in [0.05, 0.1) is 17.9 Å². The summed E-state index contributed by atoms with van der Waals surface area (Å²) in [5, 5.41) is 17.3. The van der Waals surface area contributed by atoms with Gasteiger partial charge in [0.25, 0.3) is 0 Å². The second kappa shape index (κ2) is 4.40. The molecular weight excluding hydrogens is 220 g/mol. The van der Waals surface area contributed by atoms with E-state index in [0.29, 0.717) is 6.54 Å². The van der Waals surface area contributed by atoms with E-state index < -0.39 is 5.97 Å². The largest absolute Gasteiger partial charge is 0.477 e. The lowest BCUT2D eigenvalue weighted by molar-refractivity contribution is 0.0684. The standard InChI is InChI=1S/C11H14N4O2/c1-3-8-6-9(14(2)13-8)7-15-10(11(16)17)4-5-12-15/h4-6H,3,7H2,1-2H3,(H,16,17). The van der Waals surface area contributed by atoms with Crippen LogP contribution in [0.3, 0.4) is 0 Å². The average molecular weight is 234 g/mol. The van der Waals surface area contributed by atoms with Crippen molar-refractivity contribution in [2.24, 2.45) is 7.05 Å². The fraction of sp³-hybridized carbons (Fsp3) is 0.364. The average Bonchev–Trinajstić information content (AvgIpc) is 2.87. The Morgan fingerprint density at radius 3 is 2.88 bits per heavy atom. The van der Waals surface area contributed by atoms with E-state index >= 15 is 0 Å². The van der Waals surface area contributed by atoms with Gasteiger partial charge in [-0.25, -0.2) is 4.79 Å². The normalized spacial score (nSPS) is 10.7. The number of carboxylic acids is 1. The van der Waals surface area contributed by atoms with Crippen molar-refractivity contribution in [2.45, 2.75) is 19.9 Å². The van der Waals surface area contributed by atoms with Crippen LogP contribution < -0.4 is 0 Å². The molecule has 0 spiro atoms. The molecule has 17 heavy (non-hydrogen) atoms. The number of carbonyl (C=O) groups is 1. The Kier molecular flexibility index (Phi) is 2.95. The maximum Gasteiger partial charge on any atom is 0.354 e. The molecule has 1 N–H and O–H groups in total. The van der Waals surface area contributed by atoms with Crippen LogP contribution in [0.2, 0.25) is 0 Å². The highest BCUT2D eigenvalue weighted by atomic mass is 16.4. The van der Waals surface area contributed by atoms with Crippen molar-refractivity contribution >= 4 is 5.97 Å². The summed E-state index contributed by atoms with van der Waals surface area (Å²) in [6.07, 6.45) is 2.35. The van der Waals surface area contributed by atoms with E-state index in [1.807, 2.05) is 20.0 Å². The smallest absolute Gasteiger partial charge is 0.354 e. The Morgan fingerprint density at radius 1 is 1.53 bits per heavy atom. The number of rotatable bonds is 4. The van der Waals surface area contributed by atoms with Gasteiger partial charge in [-0.05, 0) is 18.6 Å². The molecule has 0 atom stereocenters. The van der Waals surface area contributed by atoms with Crippen LogP contribution in [0.15, 0.2) is 18.3 Å². The van der Waals surface area contributed by atoms with Gasteiger partial charge in [0.15, 0.2) is 0 Å². The number of carboxylic acid groups (broad SMARTS) is 1. The van der Waals surface area contributed by atoms with Gasteiger partial charge in [0, 0.05) is 13.2 Å². The Morgan fingerprint density at radius 2 is 2.29 bits per heavy atom. The van der Waals surface area contributed by atoms with Crippen molar-refractivity contribution in [1.29, 1.82) is 0 Å². The van der Waals surface area contributed by atoms with Crippen LogP contribution in [0, 0.1) is 0 Å². The zero-order valence-electron chi connectivity index (χ0n) is 9.79. The van der Waals surface area contributed by atoms with E-state index in [2.05, 4.69) is 10.2 Å². The van der Waals surface area contributed by atoms with Crippen molar-refractivity contribution in [3.8, 4) is 0 Å². The van der Waals surface area contributed by atoms with Gasteiger partial charge in [-0.1, -0.05) is 6.92 Å². The monoisotopic (exact) mass is 234 g/mol. The molecule has 0 saturated carbocycles. The van der Waals surface area contributed by atoms with E-state index in [4.69, 9.17) is 5.11 Å². The number of aromatic carboxylic acids is 1. The molecule has 6 heteroatoms. The van der Waals surface area contributed by atoms with Gasteiger partial charge < -0.3 is 5.11 Å². The molecule has 0 aliphatic heterocycles. The maximum absolute atomic E-state index is 10.9. The molecular formula is C11H14N4O2. The van der Waals surface area contributed by atoms with Gasteiger partial charge in [0.2, 0.25) is 0 Å². The second-order valence-corrected chi connectivity index (χ2v) is 3.78. The van der Waals surface area contributed by atoms with Crippen LogP contribution in [0.1, 0.15) is 28.8 Å². The summed E-state index contributed by atoms with van der Waals surface area (Å²) in [7, 11) is 1.85. The number of aromatic nitrogens is 4. The number of nitrogens with zero attached hydrogens (tertiary/aromatic N) is 4. The van der Waals surface area contributed by atoms with Crippen molar-refractivity contribution in [1.82, 2.24) is 19.6 Å². The minimum absolute atomic E-state index is 0.184. The summed E-state index contributed by atoms with van der Waals surface area (Å²) in [5.41, 5.74) is 2.11. The van der Waals surface area contributed by atoms with E-state index in [1.165, 1.54) is 16.9 Å². The minimum atomic E-state index is -0.972. The van der Waals surface area contributed by atoms with Gasteiger partial charge in [0.1, 0.15) is 5.69 Å². The van der Waals surface area contributed by atoms with E-state index in [1.54, 1.807) is 4.68 Å². The van der Waals surface area contributed by atoms with Crippen LogP contribution in [0.4, 0.5) is 0 Å². The number of hydrogen-bond acceptors (Lipinski definition) is 3. The first kappa shape index (κ1) is 11.4. The summed E-state index contributed by atoms with van der Waals surface area (Å²) in [6, 6.07) is 3.45. The third-order valence-electron chi connectivity index (χ3n) is 2.64. The molecule has 0 aromatic carbocycles. The lowest BCUT2D eigenvalue weighted by Crippen LogP contribution is -2.13. The van der Waals surface area contributed by atoms with Gasteiger partial charge in [-0.15, -0.1) is 0 Å². The molecule has 0 aliphatic rings. The molecule has 0 saturated heterocycles. The summed E-state index contributed by atoms with van der Waals surface area (Å²) >= 11 is 0. The first-order chi connectivity index (χ1) is 8.11. The summed E-state index contributed by atoms with van der Waals surface area (Å²) in [5.74, 6) is -0.972. The molecule has 6 nitrogen and oxygen atoms in total. The van der Waals surface area contributed by atoms with Crippen LogP contribution in [-0.4, -0.2) is 30.6 Å². The zero-order chi connectivity index (χ0) is 12.4. The first-order valence-electron chi connectivity index (χ1n) is 5.38. The van der Waals surface area contributed by atoms with Crippen molar-refractivity contribution in [2.75, 3.05) is 0 Å². The number of aryl methyl sites for hydroxylation is 2. The highest BCUT2D eigenvalue weighted by Gasteiger charge is 2.12. The Bertz CT molecular complexity index is 541. The predicted molar refractivity (Wildman–Crippen MR) is 60.9 cm³/mol. The highest BCUT2D eigenvalue weighted by Crippen LogP contribution is 2.08. The fourth-order valence-corrected chi connectivity index (χ4v) is 1.69. The Hall–Kier alpha value is -2.11. The van der Waals surface area contributed by atoms with E-state index in [9.17, 15) is 4.79 Å². The summed E-state index contributed by atoms with van der Waals surface area (Å²) < 4.78 is 3.21. The molecule has 0 bridgehead atoms. The quantitative estimate of drug-likeness (QED) is 0.854. The molecule has 0 fully saturated rings. The molecule has 0 radical (unpaired) electrons. The first-order valence-corrected chi connectivity index (χ1v) is 5.38. The van der Waals surface area contributed by atoms with Crippen LogP contribution >= 0.6 is 0 Å². The fourth-order valence-electron chi connectivity index (χ4n) is 1.69. The molecule has 2 aromatic rings. The van der Waals surface area contributed by atoms with Crippen molar-refractivity contribution < 1.29 is 9.90 Å². The molecule has 2 rings (SSSR count). The zero-order valence-corrected chi connectivity index (χ0v) is 9.79. The van der Waals surface area contributed by atoms with Crippen molar-refractivity contribution in [3.05, 3.63) is 35.4 Å². The lowest BCUT2D eigenvalue weighted by Gasteiger charge is -2.04. The molecule has 0 aliphatic carbocycles. The van der Waals surface area contributed by atoms with Crippen LogP contribution in [0.5, 0.6) is 0 Å². The number of hydrogen-bond donors (Lipinski definition) is 1. The Balaban J connectivity index is 2.28. The Labute approximate surface area is 98.5 Å². The lowest BCUT2D eigenvalue weighted by atomic mass is 10.3. The summed E-state index contributed by atoms with van der Waals surface area (Å²) in [4.78, 5) is 10.9. The summed E-state index contributed by atoms with van der Waals surface area (Å²) in [6.45, 7) is 2.45. The SMILES string of the molecule is CCc1cc(Cn2nccc2C(=O)O)n(C)n1. The minimum Gasteiger partial charge on any atom is -0.477 e. The second-order valence-electron chi connectivity index (χ2n) is 3.78. The van der Waals surface area contributed by atoms with Crippen molar-refractivity contribution in [3.63, 3.8) is 0 Å². The van der Waals surface area contributed by atoms with Gasteiger partial charge in [-0.2, -0.15) is 10.2 Å².